The lowest BCUT2D eigenvalue weighted by Crippen LogP contribution is -2.41. The van der Waals surface area contributed by atoms with Crippen molar-refractivity contribution in [1.29, 1.82) is 0 Å². The number of halogens is 2. The third kappa shape index (κ3) is 7.00. The molecular weight excluding hydrogens is 553 g/mol. The molecule has 4 aromatic rings. The molecule has 2 heterocycles. The van der Waals surface area contributed by atoms with Gasteiger partial charge in [-0.1, -0.05) is 35.3 Å². The minimum absolute atomic E-state index is 0.134. The molecule has 1 aromatic heterocycles. The largest absolute Gasteiger partial charge is 0.453 e. The summed E-state index contributed by atoms with van der Waals surface area (Å²) in [6.07, 6.45) is 1.45. The van der Waals surface area contributed by atoms with Crippen molar-refractivity contribution in [2.75, 3.05) is 44.7 Å². The number of amides is 1. The molecule has 11 heteroatoms. The Hall–Kier alpha value is -3.89. The summed E-state index contributed by atoms with van der Waals surface area (Å²) in [6, 6.07) is 20.5. The van der Waals surface area contributed by atoms with Gasteiger partial charge in [-0.15, -0.1) is 0 Å². The molecular formula is C29H27Cl2N5O4. The first-order valence-electron chi connectivity index (χ1n) is 12.7. The van der Waals surface area contributed by atoms with Crippen molar-refractivity contribution < 1.29 is 14.3 Å². The van der Waals surface area contributed by atoms with Gasteiger partial charge in [-0.25, -0.2) is 0 Å². The molecule has 1 aliphatic rings. The Morgan fingerprint density at radius 2 is 1.75 bits per heavy atom. The summed E-state index contributed by atoms with van der Waals surface area (Å²) in [5.74, 6) is 0.467. The Bertz CT molecular complexity index is 1540. The van der Waals surface area contributed by atoms with Crippen molar-refractivity contribution >= 4 is 40.5 Å². The van der Waals surface area contributed by atoms with Gasteiger partial charge in [0.1, 0.15) is 5.75 Å². The highest BCUT2D eigenvalue weighted by atomic mass is 35.5. The summed E-state index contributed by atoms with van der Waals surface area (Å²) in [5, 5.41) is 11.4. The lowest BCUT2D eigenvalue weighted by molar-refractivity contribution is 0.0383. The molecule has 1 saturated heterocycles. The van der Waals surface area contributed by atoms with Gasteiger partial charge in [0.2, 0.25) is 0 Å². The number of morpholine rings is 1. The van der Waals surface area contributed by atoms with E-state index in [9.17, 15) is 9.59 Å². The molecule has 2 N–H and O–H groups in total. The second kappa shape index (κ2) is 13.0. The minimum Gasteiger partial charge on any atom is -0.453 e. The van der Waals surface area contributed by atoms with Crippen LogP contribution in [0.5, 0.6) is 11.5 Å². The van der Waals surface area contributed by atoms with Crippen molar-refractivity contribution in [2.45, 2.75) is 0 Å². The molecule has 206 valence electrons. The number of anilines is 2. The van der Waals surface area contributed by atoms with Gasteiger partial charge in [0.05, 0.1) is 25.1 Å². The van der Waals surface area contributed by atoms with Crippen molar-refractivity contribution in [3.8, 4) is 17.2 Å². The normalized spacial score (nSPS) is 13.6. The van der Waals surface area contributed by atoms with Gasteiger partial charge in [0.25, 0.3) is 11.5 Å². The third-order valence-electron chi connectivity index (χ3n) is 6.25. The first-order valence-corrected chi connectivity index (χ1v) is 13.5. The van der Waals surface area contributed by atoms with E-state index in [1.807, 2.05) is 0 Å². The van der Waals surface area contributed by atoms with E-state index < -0.39 is 5.56 Å². The van der Waals surface area contributed by atoms with Crippen LogP contribution in [0.1, 0.15) is 10.4 Å². The Labute approximate surface area is 241 Å². The summed E-state index contributed by atoms with van der Waals surface area (Å²) in [7, 11) is 0. The van der Waals surface area contributed by atoms with E-state index in [1.54, 1.807) is 72.8 Å². The topological polar surface area (TPSA) is 97.7 Å². The quantitative estimate of drug-likeness (QED) is 0.283. The highest BCUT2D eigenvalue weighted by Crippen LogP contribution is 2.30. The third-order valence-corrected chi connectivity index (χ3v) is 6.74. The number of hydrogen-bond acceptors (Lipinski definition) is 7. The molecule has 0 unspecified atom stereocenters. The average Bonchev–Trinajstić information content (AvgIpc) is 2.97. The number of ether oxygens (including phenoxy) is 2. The molecule has 0 spiro atoms. The second-order valence-corrected chi connectivity index (χ2v) is 9.93. The lowest BCUT2D eigenvalue weighted by atomic mass is 10.2. The summed E-state index contributed by atoms with van der Waals surface area (Å²) in [6.45, 7) is 4.39. The minimum atomic E-state index is -0.464. The van der Waals surface area contributed by atoms with Crippen LogP contribution in [-0.2, 0) is 4.74 Å². The van der Waals surface area contributed by atoms with Gasteiger partial charge in [-0.05, 0) is 60.7 Å². The van der Waals surface area contributed by atoms with E-state index >= 15 is 0 Å². The lowest BCUT2D eigenvalue weighted by Gasteiger charge is -2.26. The maximum Gasteiger partial charge on any atom is 0.299 e. The van der Waals surface area contributed by atoms with Gasteiger partial charge in [0.15, 0.2) is 11.4 Å². The zero-order valence-corrected chi connectivity index (χ0v) is 23.0. The molecule has 5 rings (SSSR count). The Kier molecular flexibility index (Phi) is 8.98. The molecule has 1 amide bonds. The van der Waals surface area contributed by atoms with Gasteiger partial charge in [-0.2, -0.15) is 9.78 Å². The van der Waals surface area contributed by atoms with Gasteiger partial charge in [0, 0.05) is 47.5 Å². The van der Waals surface area contributed by atoms with Crippen LogP contribution >= 0.6 is 23.2 Å². The number of nitrogens with one attached hydrogen (secondary N) is 2. The standard InChI is InChI=1S/C29H27Cl2N5O4/c30-21-7-9-25(10-8-21)40-26-19-33-36(24-6-2-4-22(31)18-24)29(38)27(26)34-23-5-1-3-20(17-23)28(37)32-11-12-35-13-15-39-16-14-35/h1-10,17-19,34H,11-16H2,(H,32,37). The van der Waals surface area contributed by atoms with Gasteiger partial charge >= 0.3 is 0 Å². The van der Waals surface area contributed by atoms with E-state index in [0.717, 1.165) is 19.6 Å². The summed E-state index contributed by atoms with van der Waals surface area (Å²) in [4.78, 5) is 28.8. The summed E-state index contributed by atoms with van der Waals surface area (Å²) in [5.41, 5.74) is 1.15. The van der Waals surface area contributed by atoms with E-state index in [2.05, 4.69) is 20.6 Å². The van der Waals surface area contributed by atoms with Crippen LogP contribution in [0.4, 0.5) is 11.4 Å². The molecule has 1 fully saturated rings. The highest BCUT2D eigenvalue weighted by molar-refractivity contribution is 6.31. The fraction of sp³-hybridized carbons (Fsp3) is 0.207. The maximum atomic E-state index is 13.7. The average molecular weight is 580 g/mol. The first-order chi connectivity index (χ1) is 19.5. The smallest absolute Gasteiger partial charge is 0.299 e. The summed E-state index contributed by atoms with van der Waals surface area (Å²) >= 11 is 12.2. The van der Waals surface area contributed by atoms with Crippen molar-refractivity contribution in [3.05, 3.63) is 105 Å². The molecule has 0 radical (unpaired) electrons. The highest BCUT2D eigenvalue weighted by Gasteiger charge is 2.17. The zero-order chi connectivity index (χ0) is 27.9. The van der Waals surface area contributed by atoms with Crippen LogP contribution in [0.2, 0.25) is 10.0 Å². The van der Waals surface area contributed by atoms with Crippen LogP contribution in [0.3, 0.4) is 0 Å². The van der Waals surface area contributed by atoms with Crippen LogP contribution in [0.25, 0.3) is 5.69 Å². The molecule has 9 nitrogen and oxygen atoms in total. The Morgan fingerprint density at radius 3 is 2.52 bits per heavy atom. The number of rotatable bonds is 9. The molecule has 40 heavy (non-hydrogen) atoms. The van der Waals surface area contributed by atoms with Crippen molar-refractivity contribution in [1.82, 2.24) is 20.0 Å². The van der Waals surface area contributed by atoms with E-state index in [4.69, 9.17) is 32.7 Å². The fourth-order valence-electron chi connectivity index (χ4n) is 4.19. The van der Waals surface area contributed by atoms with Crippen LogP contribution in [-0.4, -0.2) is 60.0 Å². The monoisotopic (exact) mass is 579 g/mol. The SMILES string of the molecule is O=C(NCCN1CCOCC1)c1cccc(Nc2c(Oc3ccc(Cl)cc3)cnn(-c3cccc(Cl)c3)c2=O)c1. The molecule has 0 atom stereocenters. The number of benzene rings is 3. The van der Waals surface area contributed by atoms with Crippen LogP contribution in [0, 0.1) is 0 Å². The first kappa shape index (κ1) is 27.7. The van der Waals surface area contributed by atoms with Crippen LogP contribution in [0.15, 0.2) is 83.8 Å². The molecule has 0 aliphatic carbocycles. The van der Waals surface area contributed by atoms with Crippen LogP contribution < -0.4 is 20.9 Å². The number of carbonyl (C=O) groups excluding carboxylic acids is 1. The molecule has 3 aromatic carbocycles. The number of nitrogens with zero attached hydrogens (tertiary/aromatic N) is 3. The number of carbonyl (C=O) groups is 1. The van der Waals surface area contributed by atoms with E-state index in [0.29, 0.717) is 52.5 Å². The van der Waals surface area contributed by atoms with Crippen molar-refractivity contribution in [3.63, 3.8) is 0 Å². The van der Waals surface area contributed by atoms with Gasteiger partial charge in [-0.3, -0.25) is 14.5 Å². The molecule has 1 aliphatic heterocycles. The molecule has 0 bridgehead atoms. The molecule has 0 saturated carbocycles. The van der Waals surface area contributed by atoms with Gasteiger partial charge < -0.3 is 20.1 Å². The zero-order valence-electron chi connectivity index (χ0n) is 21.5. The second-order valence-electron chi connectivity index (χ2n) is 9.05. The predicted octanol–water partition coefficient (Wildman–Crippen LogP) is 5.14. The van der Waals surface area contributed by atoms with E-state index in [-0.39, 0.29) is 17.3 Å². The Morgan fingerprint density at radius 1 is 0.975 bits per heavy atom. The van der Waals surface area contributed by atoms with E-state index in [1.165, 1.54) is 10.9 Å². The van der Waals surface area contributed by atoms with Crippen molar-refractivity contribution in [2.24, 2.45) is 0 Å². The fourth-order valence-corrected chi connectivity index (χ4v) is 4.50. The number of hydrogen-bond donors (Lipinski definition) is 2. The Balaban J connectivity index is 1.40. The number of aromatic nitrogens is 2. The predicted molar refractivity (Wildman–Crippen MR) is 156 cm³/mol. The summed E-state index contributed by atoms with van der Waals surface area (Å²) < 4.78 is 12.6. The maximum absolute atomic E-state index is 13.7.